The first-order valence-electron chi connectivity index (χ1n) is 12.2. The van der Waals surface area contributed by atoms with Crippen LogP contribution in [0.3, 0.4) is 0 Å². The van der Waals surface area contributed by atoms with Crippen LogP contribution in [0.25, 0.3) is 27.9 Å². The fourth-order valence-electron chi connectivity index (χ4n) is 4.28. The number of hydrogen-bond donors (Lipinski definition) is 3. The second kappa shape index (κ2) is 10.9. The summed E-state index contributed by atoms with van der Waals surface area (Å²) in [5.41, 5.74) is 10.6. The Bertz CT molecular complexity index is 1730. The minimum atomic E-state index is -0.439. The third kappa shape index (κ3) is 5.31. The summed E-state index contributed by atoms with van der Waals surface area (Å²) in [5.74, 6) is 5.70. The molecule has 0 unspecified atom stereocenters. The Labute approximate surface area is 225 Å². The molecule has 39 heavy (non-hydrogen) atoms. The van der Waals surface area contributed by atoms with Crippen LogP contribution in [0.1, 0.15) is 36.1 Å². The molecule has 3 heterocycles. The second-order valence-corrected chi connectivity index (χ2v) is 8.75. The molecular weight excluding hydrogens is 490 g/mol. The Balaban J connectivity index is 1.40. The standard InChI is InChI=1S/C30H25N7O2/c1-3-7-25(38)34-19(2)29-36-26(27-28(31)33-16-17-37(27)29)21-10-12-22(13-11-21)30(39)35-24-18-23(14-15-32-24)20-8-5-4-6-9-20/h4-6,8-19H,1-2H3,(H2,31,33)(H,34,38)(H,32,35,39)/t19-/m0/s1. The smallest absolute Gasteiger partial charge is 0.296 e. The number of anilines is 2. The molecule has 5 aromatic rings. The number of aromatic nitrogens is 4. The van der Waals surface area contributed by atoms with E-state index in [4.69, 9.17) is 10.7 Å². The predicted molar refractivity (Wildman–Crippen MR) is 150 cm³/mol. The zero-order valence-electron chi connectivity index (χ0n) is 21.3. The van der Waals surface area contributed by atoms with Crippen molar-refractivity contribution in [2.45, 2.75) is 19.9 Å². The van der Waals surface area contributed by atoms with Crippen LogP contribution in [0, 0.1) is 11.8 Å². The summed E-state index contributed by atoms with van der Waals surface area (Å²) in [5, 5.41) is 5.68. The molecule has 0 saturated heterocycles. The lowest BCUT2D eigenvalue weighted by Crippen LogP contribution is -2.26. The van der Waals surface area contributed by atoms with E-state index in [1.807, 2.05) is 49.4 Å². The van der Waals surface area contributed by atoms with Gasteiger partial charge < -0.3 is 16.4 Å². The Kier molecular flexibility index (Phi) is 7.01. The summed E-state index contributed by atoms with van der Waals surface area (Å²) in [4.78, 5) is 38.3. The van der Waals surface area contributed by atoms with E-state index in [1.165, 1.54) is 0 Å². The number of nitrogen functional groups attached to an aromatic ring is 1. The molecule has 0 aliphatic heterocycles. The van der Waals surface area contributed by atoms with E-state index in [2.05, 4.69) is 32.4 Å². The SMILES string of the molecule is CC#CC(=O)N[C@@H](C)c1nc(-c2ccc(C(=O)Nc3cc(-c4ccccc4)ccn3)cc2)c2c(N)nccn12. The van der Waals surface area contributed by atoms with E-state index in [9.17, 15) is 9.59 Å². The summed E-state index contributed by atoms with van der Waals surface area (Å²) in [7, 11) is 0. The number of benzene rings is 2. The minimum Gasteiger partial charge on any atom is -0.382 e. The average Bonchev–Trinajstić information content (AvgIpc) is 3.35. The molecule has 0 bridgehead atoms. The van der Waals surface area contributed by atoms with E-state index in [0.29, 0.717) is 34.2 Å². The molecule has 9 heteroatoms. The van der Waals surface area contributed by atoms with Gasteiger partial charge in [-0.25, -0.2) is 15.0 Å². The fourth-order valence-corrected chi connectivity index (χ4v) is 4.28. The lowest BCUT2D eigenvalue weighted by molar-refractivity contribution is -0.116. The maximum atomic E-state index is 13.0. The largest absolute Gasteiger partial charge is 0.382 e. The van der Waals surface area contributed by atoms with Crippen LogP contribution in [0.4, 0.5) is 11.6 Å². The van der Waals surface area contributed by atoms with Crippen LogP contribution in [-0.4, -0.2) is 31.2 Å². The Morgan fingerprint density at radius 1 is 0.949 bits per heavy atom. The van der Waals surface area contributed by atoms with Gasteiger partial charge >= 0.3 is 0 Å². The van der Waals surface area contributed by atoms with Gasteiger partial charge in [-0.3, -0.25) is 14.0 Å². The predicted octanol–water partition coefficient (Wildman–Crippen LogP) is 4.49. The number of amides is 2. The monoisotopic (exact) mass is 515 g/mol. The molecule has 0 fully saturated rings. The number of rotatable bonds is 6. The topological polar surface area (TPSA) is 127 Å². The number of pyridine rings is 1. The zero-order valence-corrected chi connectivity index (χ0v) is 21.3. The number of fused-ring (bicyclic) bond motifs is 1. The van der Waals surface area contributed by atoms with Gasteiger partial charge in [0.1, 0.15) is 28.7 Å². The third-order valence-electron chi connectivity index (χ3n) is 6.11. The highest BCUT2D eigenvalue weighted by Crippen LogP contribution is 2.30. The van der Waals surface area contributed by atoms with Gasteiger partial charge in [-0.1, -0.05) is 48.4 Å². The zero-order chi connectivity index (χ0) is 27.4. The number of carbonyl (C=O) groups is 2. The van der Waals surface area contributed by atoms with E-state index >= 15 is 0 Å². The van der Waals surface area contributed by atoms with Crippen molar-refractivity contribution < 1.29 is 9.59 Å². The minimum absolute atomic E-state index is 0.288. The maximum absolute atomic E-state index is 13.0. The number of nitrogens with one attached hydrogen (secondary N) is 2. The van der Waals surface area contributed by atoms with Crippen molar-refractivity contribution in [3.8, 4) is 34.2 Å². The molecule has 2 amide bonds. The van der Waals surface area contributed by atoms with E-state index < -0.39 is 11.9 Å². The van der Waals surface area contributed by atoms with E-state index in [0.717, 1.165) is 16.7 Å². The molecule has 4 N–H and O–H groups in total. The summed E-state index contributed by atoms with van der Waals surface area (Å²) in [6.45, 7) is 3.42. The van der Waals surface area contributed by atoms with Crippen LogP contribution in [0.15, 0.2) is 85.3 Å². The lowest BCUT2D eigenvalue weighted by atomic mass is 10.1. The van der Waals surface area contributed by atoms with Crippen molar-refractivity contribution in [3.05, 3.63) is 96.7 Å². The molecule has 9 nitrogen and oxygen atoms in total. The van der Waals surface area contributed by atoms with E-state index in [1.54, 1.807) is 54.2 Å². The van der Waals surface area contributed by atoms with Crippen LogP contribution < -0.4 is 16.4 Å². The van der Waals surface area contributed by atoms with Gasteiger partial charge in [0.05, 0.1) is 6.04 Å². The third-order valence-corrected chi connectivity index (χ3v) is 6.11. The first kappa shape index (κ1) is 25.2. The van der Waals surface area contributed by atoms with Gasteiger partial charge in [0.25, 0.3) is 11.8 Å². The highest BCUT2D eigenvalue weighted by atomic mass is 16.2. The van der Waals surface area contributed by atoms with Gasteiger partial charge in [0.2, 0.25) is 0 Å². The molecule has 5 rings (SSSR count). The first-order chi connectivity index (χ1) is 18.9. The summed E-state index contributed by atoms with van der Waals surface area (Å²) >= 11 is 0. The van der Waals surface area contributed by atoms with Crippen molar-refractivity contribution in [1.82, 2.24) is 24.7 Å². The van der Waals surface area contributed by atoms with Gasteiger partial charge in [-0.2, -0.15) is 0 Å². The highest BCUT2D eigenvalue weighted by molar-refractivity contribution is 6.04. The number of carbonyl (C=O) groups excluding carboxylic acids is 2. The number of hydrogen-bond acceptors (Lipinski definition) is 6. The average molecular weight is 516 g/mol. The molecule has 0 radical (unpaired) electrons. The Hall–Kier alpha value is -5.49. The van der Waals surface area contributed by atoms with Crippen LogP contribution in [-0.2, 0) is 4.79 Å². The number of nitrogens with zero attached hydrogens (tertiary/aromatic N) is 4. The molecule has 0 spiro atoms. The molecule has 192 valence electrons. The van der Waals surface area contributed by atoms with Crippen molar-refractivity contribution in [1.29, 1.82) is 0 Å². The number of nitrogens with two attached hydrogens (primary N) is 1. The number of imidazole rings is 1. The van der Waals surface area contributed by atoms with Crippen molar-refractivity contribution >= 4 is 29.0 Å². The molecule has 1 atom stereocenters. The van der Waals surface area contributed by atoms with Gasteiger partial charge in [0.15, 0.2) is 0 Å². The molecule has 0 aliphatic carbocycles. The normalized spacial score (nSPS) is 11.3. The van der Waals surface area contributed by atoms with Crippen molar-refractivity contribution in [3.63, 3.8) is 0 Å². The summed E-state index contributed by atoms with van der Waals surface area (Å²) < 4.78 is 1.80. The quantitative estimate of drug-likeness (QED) is 0.286. The van der Waals surface area contributed by atoms with Crippen LogP contribution in [0.5, 0.6) is 0 Å². The molecule has 2 aromatic carbocycles. The van der Waals surface area contributed by atoms with Crippen molar-refractivity contribution in [2.75, 3.05) is 11.1 Å². The van der Waals surface area contributed by atoms with Crippen LogP contribution in [0.2, 0.25) is 0 Å². The van der Waals surface area contributed by atoms with E-state index in [-0.39, 0.29) is 5.91 Å². The molecular formula is C30H25N7O2. The molecule has 0 aliphatic rings. The first-order valence-corrected chi connectivity index (χ1v) is 12.2. The van der Waals surface area contributed by atoms with Crippen molar-refractivity contribution in [2.24, 2.45) is 0 Å². The summed E-state index contributed by atoms with van der Waals surface area (Å²) in [6.07, 6.45) is 4.98. The highest BCUT2D eigenvalue weighted by Gasteiger charge is 2.21. The molecule has 3 aromatic heterocycles. The second-order valence-electron chi connectivity index (χ2n) is 8.75. The summed E-state index contributed by atoms with van der Waals surface area (Å²) in [6, 6.07) is 20.2. The van der Waals surface area contributed by atoms with Crippen LogP contribution >= 0.6 is 0 Å². The molecule has 0 saturated carbocycles. The maximum Gasteiger partial charge on any atom is 0.296 e. The van der Waals surface area contributed by atoms with Gasteiger partial charge in [0, 0.05) is 29.7 Å². The Morgan fingerprint density at radius 2 is 1.72 bits per heavy atom. The van der Waals surface area contributed by atoms with Gasteiger partial charge in [-0.15, -0.1) is 0 Å². The fraction of sp³-hybridized carbons (Fsp3) is 0.100. The van der Waals surface area contributed by atoms with Gasteiger partial charge in [-0.05, 0) is 55.2 Å². The lowest BCUT2D eigenvalue weighted by Gasteiger charge is -2.10. The Morgan fingerprint density at radius 3 is 2.46 bits per heavy atom.